The number of anilines is 2. The van der Waals surface area contributed by atoms with E-state index in [4.69, 9.17) is 20.9 Å². The van der Waals surface area contributed by atoms with Crippen LogP contribution in [0.4, 0.5) is 11.4 Å². The van der Waals surface area contributed by atoms with Gasteiger partial charge in [0.25, 0.3) is 0 Å². The molecule has 40 heavy (non-hydrogen) atoms. The van der Waals surface area contributed by atoms with E-state index in [2.05, 4.69) is 34.6 Å². The first kappa shape index (κ1) is 29.6. The van der Waals surface area contributed by atoms with Gasteiger partial charge >= 0.3 is 5.97 Å². The van der Waals surface area contributed by atoms with Gasteiger partial charge in [0.1, 0.15) is 11.7 Å². The van der Waals surface area contributed by atoms with Gasteiger partial charge in [-0.05, 0) is 122 Å². The van der Waals surface area contributed by atoms with E-state index in [1.165, 1.54) is 64.9 Å². The molecular weight excluding hydrogens is 496 g/mol. The van der Waals surface area contributed by atoms with E-state index in [-0.39, 0.29) is 12.1 Å². The molecule has 0 heterocycles. The molecular formula is C35H56N2O3. The average molecular weight is 553 g/mol. The molecule has 224 valence electrons. The Morgan fingerprint density at radius 3 is 2.40 bits per heavy atom. The second-order valence-electron chi connectivity index (χ2n) is 15.2. The Labute approximate surface area is 243 Å². The first-order chi connectivity index (χ1) is 19.0. The van der Waals surface area contributed by atoms with Crippen molar-refractivity contribution in [3.05, 3.63) is 17.7 Å². The average Bonchev–Trinajstić information content (AvgIpc) is 3.25. The maximum Gasteiger partial charge on any atom is 0.342 e. The summed E-state index contributed by atoms with van der Waals surface area (Å²) in [5.41, 5.74) is 14.1. The Morgan fingerprint density at radius 2 is 1.68 bits per heavy atom. The van der Waals surface area contributed by atoms with Gasteiger partial charge in [0.2, 0.25) is 0 Å². The Morgan fingerprint density at radius 1 is 0.950 bits per heavy atom. The van der Waals surface area contributed by atoms with Gasteiger partial charge in [-0.15, -0.1) is 0 Å². The van der Waals surface area contributed by atoms with E-state index in [0.29, 0.717) is 39.4 Å². The van der Waals surface area contributed by atoms with Crippen molar-refractivity contribution in [2.75, 3.05) is 18.6 Å². The lowest BCUT2D eigenvalue weighted by Gasteiger charge is -2.61. The van der Waals surface area contributed by atoms with Crippen molar-refractivity contribution in [2.45, 2.75) is 118 Å². The van der Waals surface area contributed by atoms with Crippen molar-refractivity contribution in [3.8, 4) is 5.75 Å². The smallest absolute Gasteiger partial charge is 0.342 e. The summed E-state index contributed by atoms with van der Waals surface area (Å²) in [6.45, 7) is 12.6. The number of nitrogen functional groups attached to an aromatic ring is 2. The van der Waals surface area contributed by atoms with Crippen LogP contribution in [0.3, 0.4) is 0 Å². The molecule has 0 saturated heterocycles. The third-order valence-corrected chi connectivity index (χ3v) is 12.7. The van der Waals surface area contributed by atoms with Crippen molar-refractivity contribution in [3.63, 3.8) is 0 Å². The Hall–Kier alpha value is -1.91. The van der Waals surface area contributed by atoms with Gasteiger partial charge in [0, 0.05) is 5.69 Å². The van der Waals surface area contributed by atoms with Gasteiger partial charge in [0.15, 0.2) is 5.75 Å². The Kier molecular flexibility index (Phi) is 8.43. The van der Waals surface area contributed by atoms with Crippen LogP contribution in [-0.4, -0.2) is 19.2 Å². The van der Waals surface area contributed by atoms with Crippen LogP contribution in [-0.2, 0) is 4.74 Å². The number of ether oxygens (including phenoxy) is 2. The predicted octanol–water partition coefficient (Wildman–Crippen LogP) is 8.51. The number of hydrogen-bond donors (Lipinski definition) is 2. The Balaban J connectivity index is 1.23. The predicted molar refractivity (Wildman–Crippen MR) is 164 cm³/mol. The van der Waals surface area contributed by atoms with Crippen LogP contribution in [0.15, 0.2) is 12.1 Å². The molecule has 0 spiro atoms. The molecule has 1 aromatic rings. The third kappa shape index (κ3) is 5.24. The third-order valence-electron chi connectivity index (χ3n) is 12.7. The second-order valence-corrected chi connectivity index (χ2v) is 15.2. The van der Waals surface area contributed by atoms with E-state index in [9.17, 15) is 4.79 Å². The highest BCUT2D eigenvalue weighted by Gasteiger charge is 2.60. The van der Waals surface area contributed by atoms with Crippen molar-refractivity contribution in [1.82, 2.24) is 0 Å². The van der Waals surface area contributed by atoms with E-state index in [1.807, 2.05) is 0 Å². The summed E-state index contributed by atoms with van der Waals surface area (Å²) in [6.07, 6.45) is 15.5. The monoisotopic (exact) mass is 552 g/mol. The van der Waals surface area contributed by atoms with Crippen LogP contribution < -0.4 is 16.2 Å². The summed E-state index contributed by atoms with van der Waals surface area (Å²) in [5, 5.41) is 0. The maximum atomic E-state index is 13.2. The first-order valence-electron chi connectivity index (χ1n) is 16.4. The minimum Gasteiger partial charge on any atom is -0.494 e. The lowest BCUT2D eigenvalue weighted by molar-refractivity contribution is -0.130. The molecule has 1 aromatic carbocycles. The van der Waals surface area contributed by atoms with Crippen LogP contribution >= 0.6 is 0 Å². The van der Waals surface area contributed by atoms with Gasteiger partial charge in [0.05, 0.1) is 12.8 Å². The molecule has 0 bridgehead atoms. The molecule has 0 radical (unpaired) electrons. The number of fused-ring (bicyclic) bond motifs is 5. The van der Waals surface area contributed by atoms with E-state index in [0.717, 1.165) is 54.8 Å². The minimum absolute atomic E-state index is 0.0501. The summed E-state index contributed by atoms with van der Waals surface area (Å²) in [4.78, 5) is 13.2. The van der Waals surface area contributed by atoms with Crippen LogP contribution in [0, 0.1) is 52.3 Å². The lowest BCUT2D eigenvalue weighted by Crippen LogP contribution is -2.54. The van der Waals surface area contributed by atoms with Crippen molar-refractivity contribution < 1.29 is 14.3 Å². The summed E-state index contributed by atoms with van der Waals surface area (Å²) in [6, 6.07) is 3.24. The molecule has 4 aliphatic carbocycles. The number of esters is 1. The molecule has 0 amide bonds. The number of rotatable bonds is 8. The van der Waals surface area contributed by atoms with Crippen molar-refractivity contribution in [1.29, 1.82) is 0 Å². The quantitative estimate of drug-likeness (QED) is 0.249. The highest BCUT2D eigenvalue weighted by Crippen LogP contribution is 2.68. The largest absolute Gasteiger partial charge is 0.494 e. The fourth-order valence-electron chi connectivity index (χ4n) is 10.6. The molecule has 5 rings (SSSR count). The van der Waals surface area contributed by atoms with Gasteiger partial charge in [-0.2, -0.15) is 0 Å². The summed E-state index contributed by atoms with van der Waals surface area (Å²) >= 11 is 0. The fourth-order valence-corrected chi connectivity index (χ4v) is 10.6. The van der Waals surface area contributed by atoms with Crippen LogP contribution in [0.25, 0.3) is 0 Å². The topological polar surface area (TPSA) is 87.6 Å². The highest BCUT2D eigenvalue weighted by molar-refractivity contribution is 5.96. The SMILES string of the molecule is COc1c(N)cc(N)cc1C(=O)OC1CCC2(C)C(CCC3C2CCC2(C)C(C(C)CCCC(C)C)CCC32)C1. The number of hydrogen-bond acceptors (Lipinski definition) is 5. The highest BCUT2D eigenvalue weighted by atomic mass is 16.5. The zero-order valence-corrected chi connectivity index (χ0v) is 26.1. The van der Waals surface area contributed by atoms with Crippen LogP contribution in [0.1, 0.15) is 122 Å². The van der Waals surface area contributed by atoms with Gasteiger partial charge in [-0.25, -0.2) is 4.79 Å². The van der Waals surface area contributed by atoms with Crippen LogP contribution in [0.5, 0.6) is 5.75 Å². The molecule has 9 atom stereocenters. The number of benzene rings is 1. The molecule has 4 N–H and O–H groups in total. The summed E-state index contributed by atoms with van der Waals surface area (Å²) in [5.74, 6) is 5.81. The number of methoxy groups -OCH3 is 1. The minimum atomic E-state index is -0.369. The summed E-state index contributed by atoms with van der Waals surface area (Å²) in [7, 11) is 1.53. The fraction of sp³-hybridized carbons (Fsp3) is 0.800. The van der Waals surface area contributed by atoms with E-state index >= 15 is 0 Å². The zero-order chi connectivity index (χ0) is 28.8. The number of nitrogens with two attached hydrogens (primary N) is 2. The zero-order valence-electron chi connectivity index (χ0n) is 26.1. The molecule has 9 unspecified atom stereocenters. The molecule has 5 nitrogen and oxygen atoms in total. The first-order valence-corrected chi connectivity index (χ1v) is 16.4. The molecule has 4 aliphatic rings. The number of carbonyl (C=O) groups is 1. The van der Waals surface area contributed by atoms with Gasteiger partial charge in [-0.3, -0.25) is 0 Å². The molecule has 5 heteroatoms. The maximum absolute atomic E-state index is 13.2. The molecule has 4 saturated carbocycles. The molecule has 0 aromatic heterocycles. The second kappa shape index (κ2) is 11.4. The lowest BCUT2D eigenvalue weighted by atomic mass is 9.44. The normalized spacial score (nSPS) is 37.8. The molecule has 0 aliphatic heterocycles. The Bertz CT molecular complexity index is 1070. The van der Waals surface area contributed by atoms with E-state index in [1.54, 1.807) is 12.1 Å². The summed E-state index contributed by atoms with van der Waals surface area (Å²) < 4.78 is 11.5. The number of carbonyl (C=O) groups excluding carboxylic acids is 1. The van der Waals surface area contributed by atoms with Crippen molar-refractivity contribution in [2.24, 2.45) is 52.3 Å². The van der Waals surface area contributed by atoms with Gasteiger partial charge in [-0.1, -0.05) is 53.9 Å². The van der Waals surface area contributed by atoms with Crippen molar-refractivity contribution >= 4 is 17.3 Å². The van der Waals surface area contributed by atoms with Gasteiger partial charge < -0.3 is 20.9 Å². The van der Waals surface area contributed by atoms with Crippen LogP contribution in [0.2, 0.25) is 0 Å². The van der Waals surface area contributed by atoms with E-state index < -0.39 is 0 Å². The standard InChI is InChI=1S/C35H56N2O3/c1-21(2)8-7-9-22(3)28-12-13-29-26-11-10-23-18-25(14-16-34(23,4)30(26)15-17-35(28,29)5)40-33(38)27-19-24(36)20-31(37)32(27)39-6/h19-23,25-26,28-30H,7-18,36-37H2,1-6H3. The molecule has 4 fully saturated rings.